The smallest absolute Gasteiger partial charge is 0.353 e. The van der Waals surface area contributed by atoms with Gasteiger partial charge >= 0.3 is 6.18 Å². The molecular weight excluding hydrogens is 267 g/mol. The maximum absolute atomic E-state index is 12.8. The molecule has 2 atom stereocenters. The summed E-state index contributed by atoms with van der Waals surface area (Å²) in [6.45, 7) is 4.66. The van der Waals surface area contributed by atoms with Crippen LogP contribution in [-0.2, 0) is 6.18 Å². The second-order valence-electron chi connectivity index (χ2n) is 5.23. The molecule has 0 aliphatic carbocycles. The van der Waals surface area contributed by atoms with Gasteiger partial charge in [0.15, 0.2) is 0 Å². The minimum atomic E-state index is -4.49. The first-order valence-electron chi connectivity index (χ1n) is 6.59. The van der Waals surface area contributed by atoms with Crippen LogP contribution in [0.5, 0.6) is 0 Å². The van der Waals surface area contributed by atoms with Gasteiger partial charge in [-0.25, -0.2) is 4.98 Å². The van der Waals surface area contributed by atoms with Crippen LogP contribution in [0.2, 0.25) is 0 Å². The summed E-state index contributed by atoms with van der Waals surface area (Å²) in [5.74, 6) is 0.521. The van der Waals surface area contributed by atoms with Gasteiger partial charge in [0.05, 0.1) is 5.56 Å². The third-order valence-electron chi connectivity index (χ3n) is 3.93. The molecule has 3 nitrogen and oxygen atoms in total. The zero-order valence-corrected chi connectivity index (χ0v) is 11.4. The van der Waals surface area contributed by atoms with Crippen LogP contribution in [0.3, 0.4) is 0 Å². The van der Waals surface area contributed by atoms with E-state index in [2.05, 4.69) is 11.9 Å². The van der Waals surface area contributed by atoms with Crippen LogP contribution >= 0.6 is 0 Å². The van der Waals surface area contributed by atoms with Gasteiger partial charge in [-0.2, -0.15) is 18.4 Å². The molecule has 1 aliphatic heterocycles. The number of hydrogen-bond acceptors (Lipinski definition) is 3. The van der Waals surface area contributed by atoms with E-state index in [1.54, 1.807) is 0 Å². The second kappa shape index (κ2) is 5.31. The minimum Gasteiger partial charge on any atom is -0.353 e. The van der Waals surface area contributed by atoms with Crippen molar-refractivity contribution in [1.82, 2.24) is 4.98 Å². The summed E-state index contributed by atoms with van der Waals surface area (Å²) in [7, 11) is 0. The number of hydrogen-bond donors (Lipinski definition) is 0. The first-order valence-corrected chi connectivity index (χ1v) is 6.59. The molecule has 0 amide bonds. The van der Waals surface area contributed by atoms with E-state index in [-0.39, 0.29) is 17.4 Å². The Bertz CT molecular complexity index is 533. The van der Waals surface area contributed by atoms with Crippen LogP contribution in [0.25, 0.3) is 0 Å². The van der Waals surface area contributed by atoms with Crippen LogP contribution < -0.4 is 4.90 Å². The fourth-order valence-electron chi connectivity index (χ4n) is 2.55. The lowest BCUT2D eigenvalue weighted by atomic mass is 9.92. The first-order chi connectivity index (χ1) is 9.34. The largest absolute Gasteiger partial charge is 0.433 e. The molecular formula is C14H16F3N3. The molecule has 0 saturated carbocycles. The van der Waals surface area contributed by atoms with Crippen molar-refractivity contribution in [2.45, 2.75) is 38.9 Å². The molecule has 1 aliphatic rings. The first kappa shape index (κ1) is 14.6. The minimum absolute atomic E-state index is 0.0758. The summed E-state index contributed by atoms with van der Waals surface area (Å²) in [5, 5.41) is 9.10. The fourth-order valence-corrected chi connectivity index (χ4v) is 2.55. The number of rotatable bonds is 1. The van der Waals surface area contributed by atoms with Gasteiger partial charge < -0.3 is 4.90 Å². The highest BCUT2D eigenvalue weighted by molar-refractivity contribution is 5.55. The van der Waals surface area contributed by atoms with E-state index < -0.39 is 11.9 Å². The molecule has 2 heterocycles. The van der Waals surface area contributed by atoms with Crippen molar-refractivity contribution in [3.05, 3.63) is 23.4 Å². The SMILES string of the molecule is CC1CCCN(c2nc(C(F)(F)F)ccc2C#N)C1C. The van der Waals surface area contributed by atoms with Crippen molar-refractivity contribution >= 4 is 5.82 Å². The van der Waals surface area contributed by atoms with E-state index in [1.165, 1.54) is 6.07 Å². The molecule has 108 valence electrons. The van der Waals surface area contributed by atoms with Crippen LogP contribution in [-0.4, -0.2) is 17.6 Å². The highest BCUT2D eigenvalue weighted by Gasteiger charge is 2.35. The van der Waals surface area contributed by atoms with Crippen molar-refractivity contribution in [2.24, 2.45) is 5.92 Å². The van der Waals surface area contributed by atoms with Gasteiger partial charge in [0, 0.05) is 12.6 Å². The average molecular weight is 283 g/mol. The average Bonchev–Trinajstić information content (AvgIpc) is 2.40. The van der Waals surface area contributed by atoms with E-state index in [0.29, 0.717) is 12.5 Å². The third kappa shape index (κ3) is 2.72. The van der Waals surface area contributed by atoms with E-state index in [4.69, 9.17) is 5.26 Å². The second-order valence-corrected chi connectivity index (χ2v) is 5.23. The number of anilines is 1. The maximum atomic E-state index is 12.8. The topological polar surface area (TPSA) is 39.9 Å². The number of piperidine rings is 1. The number of nitrogens with zero attached hydrogens (tertiary/aromatic N) is 3. The summed E-state index contributed by atoms with van der Waals surface area (Å²) >= 11 is 0. The maximum Gasteiger partial charge on any atom is 0.433 e. The zero-order valence-electron chi connectivity index (χ0n) is 11.4. The third-order valence-corrected chi connectivity index (χ3v) is 3.93. The molecule has 1 aromatic rings. The normalized spacial score (nSPS) is 23.5. The summed E-state index contributed by atoms with van der Waals surface area (Å²) < 4.78 is 38.3. The number of pyridine rings is 1. The Balaban J connectivity index is 2.46. The van der Waals surface area contributed by atoms with Gasteiger partial charge in [0.1, 0.15) is 17.6 Å². The number of aromatic nitrogens is 1. The van der Waals surface area contributed by atoms with Crippen molar-refractivity contribution < 1.29 is 13.2 Å². The monoisotopic (exact) mass is 283 g/mol. The molecule has 0 radical (unpaired) electrons. The molecule has 1 saturated heterocycles. The predicted octanol–water partition coefficient (Wildman–Crippen LogP) is 3.60. The lowest BCUT2D eigenvalue weighted by molar-refractivity contribution is -0.141. The molecule has 6 heteroatoms. The molecule has 0 aromatic carbocycles. The lowest BCUT2D eigenvalue weighted by Gasteiger charge is -2.39. The highest BCUT2D eigenvalue weighted by atomic mass is 19.4. The Hall–Kier alpha value is -1.77. The van der Waals surface area contributed by atoms with Gasteiger partial charge in [-0.3, -0.25) is 0 Å². The molecule has 0 bridgehead atoms. The van der Waals surface area contributed by atoms with E-state index in [0.717, 1.165) is 18.9 Å². The van der Waals surface area contributed by atoms with E-state index >= 15 is 0 Å². The van der Waals surface area contributed by atoms with E-state index in [1.807, 2.05) is 17.9 Å². The zero-order chi connectivity index (χ0) is 14.9. The standard InChI is InChI=1S/C14H16F3N3/c1-9-4-3-7-20(10(9)2)13-11(8-18)5-6-12(19-13)14(15,16)17/h5-6,9-10H,3-4,7H2,1-2H3. The highest BCUT2D eigenvalue weighted by Crippen LogP contribution is 2.33. The van der Waals surface area contributed by atoms with Gasteiger partial charge in [-0.05, 0) is 37.8 Å². The van der Waals surface area contributed by atoms with Crippen LogP contribution in [0, 0.1) is 17.2 Å². The molecule has 2 rings (SSSR count). The summed E-state index contributed by atoms with van der Waals surface area (Å²) in [4.78, 5) is 5.52. The van der Waals surface area contributed by atoms with Gasteiger partial charge in [-0.15, -0.1) is 0 Å². The van der Waals surface area contributed by atoms with Crippen LogP contribution in [0.15, 0.2) is 12.1 Å². The number of nitriles is 1. The summed E-state index contributed by atoms with van der Waals surface area (Å²) in [5.41, 5.74) is -0.754. The molecule has 1 aromatic heterocycles. The van der Waals surface area contributed by atoms with E-state index in [9.17, 15) is 13.2 Å². The lowest BCUT2D eigenvalue weighted by Crippen LogP contribution is -2.43. The Labute approximate surface area is 116 Å². The van der Waals surface area contributed by atoms with Crippen molar-refractivity contribution in [3.63, 3.8) is 0 Å². The van der Waals surface area contributed by atoms with Crippen molar-refractivity contribution in [1.29, 1.82) is 5.26 Å². The predicted molar refractivity (Wildman–Crippen MR) is 69.2 cm³/mol. The number of halogens is 3. The van der Waals surface area contributed by atoms with Gasteiger partial charge in [0.2, 0.25) is 0 Å². The number of alkyl halides is 3. The molecule has 0 N–H and O–H groups in total. The molecule has 0 spiro atoms. The molecule has 20 heavy (non-hydrogen) atoms. The van der Waals surface area contributed by atoms with Crippen LogP contribution in [0.4, 0.5) is 19.0 Å². The Morgan fingerprint density at radius 3 is 2.65 bits per heavy atom. The van der Waals surface area contributed by atoms with Crippen molar-refractivity contribution in [3.8, 4) is 6.07 Å². The van der Waals surface area contributed by atoms with Crippen molar-refractivity contribution in [2.75, 3.05) is 11.4 Å². The van der Waals surface area contributed by atoms with Gasteiger partial charge in [0.25, 0.3) is 0 Å². The Morgan fingerprint density at radius 1 is 1.35 bits per heavy atom. The summed E-state index contributed by atoms with van der Waals surface area (Å²) in [6, 6.07) is 4.08. The Morgan fingerprint density at radius 2 is 2.05 bits per heavy atom. The molecule has 2 unspecified atom stereocenters. The molecule has 1 fully saturated rings. The quantitative estimate of drug-likeness (QED) is 0.790. The fraction of sp³-hybridized carbons (Fsp3) is 0.571. The Kier molecular flexibility index (Phi) is 3.89. The van der Waals surface area contributed by atoms with Gasteiger partial charge in [-0.1, -0.05) is 6.92 Å². The summed E-state index contributed by atoms with van der Waals surface area (Å²) in [6.07, 6.45) is -2.56. The van der Waals surface area contributed by atoms with Crippen LogP contribution in [0.1, 0.15) is 37.9 Å².